The van der Waals surface area contributed by atoms with Crippen molar-refractivity contribution in [3.05, 3.63) is 35.7 Å². The van der Waals surface area contributed by atoms with Crippen molar-refractivity contribution < 1.29 is 9.52 Å². The van der Waals surface area contributed by atoms with Crippen molar-refractivity contribution in [3.8, 4) is 11.5 Å². The van der Waals surface area contributed by atoms with Crippen molar-refractivity contribution in [3.63, 3.8) is 0 Å². The maximum absolute atomic E-state index is 8.99. The zero-order valence-electron chi connectivity index (χ0n) is 9.03. The number of aliphatic hydroxyl groups is 1. The Morgan fingerprint density at radius 3 is 2.60 bits per heavy atom. The monoisotopic (exact) mass is 205 g/mol. The molecule has 3 nitrogen and oxygen atoms in total. The van der Waals surface area contributed by atoms with E-state index in [2.05, 4.69) is 4.57 Å². The second-order valence-electron chi connectivity index (χ2n) is 3.65. The third kappa shape index (κ3) is 1.83. The van der Waals surface area contributed by atoms with Gasteiger partial charge in [-0.3, -0.25) is 0 Å². The molecular weight excluding hydrogens is 190 g/mol. The van der Waals surface area contributed by atoms with Crippen LogP contribution in [-0.2, 0) is 6.54 Å². The largest absolute Gasteiger partial charge is 0.460 e. The van der Waals surface area contributed by atoms with Gasteiger partial charge in [-0.05, 0) is 38.1 Å². The van der Waals surface area contributed by atoms with Crippen molar-refractivity contribution in [1.82, 2.24) is 4.57 Å². The number of hydrogen-bond donors (Lipinski definition) is 1. The van der Waals surface area contributed by atoms with E-state index in [4.69, 9.17) is 9.52 Å². The number of nitrogens with zero attached hydrogens (tertiary/aromatic N) is 1. The van der Waals surface area contributed by atoms with Crippen molar-refractivity contribution in [2.45, 2.75) is 20.4 Å². The van der Waals surface area contributed by atoms with E-state index in [0.717, 1.165) is 22.9 Å². The molecule has 0 saturated carbocycles. The zero-order valence-corrected chi connectivity index (χ0v) is 9.03. The third-order valence-electron chi connectivity index (χ3n) is 2.52. The minimum absolute atomic E-state index is 0.141. The van der Waals surface area contributed by atoms with E-state index in [0.29, 0.717) is 6.54 Å². The summed E-state index contributed by atoms with van der Waals surface area (Å²) >= 11 is 0. The van der Waals surface area contributed by atoms with Gasteiger partial charge in [0.1, 0.15) is 5.76 Å². The minimum atomic E-state index is 0.141. The molecule has 0 aliphatic carbocycles. The summed E-state index contributed by atoms with van der Waals surface area (Å²) in [5.74, 6) is 1.76. The summed E-state index contributed by atoms with van der Waals surface area (Å²) in [6, 6.07) is 7.95. The van der Waals surface area contributed by atoms with Gasteiger partial charge in [-0.25, -0.2) is 0 Å². The summed E-state index contributed by atoms with van der Waals surface area (Å²) in [4.78, 5) is 0. The van der Waals surface area contributed by atoms with Gasteiger partial charge in [0.05, 0.1) is 12.3 Å². The number of aromatic nitrogens is 1. The van der Waals surface area contributed by atoms with Crippen LogP contribution in [-0.4, -0.2) is 16.3 Å². The molecule has 2 aromatic heterocycles. The van der Waals surface area contributed by atoms with Gasteiger partial charge in [0.25, 0.3) is 0 Å². The van der Waals surface area contributed by atoms with Crippen LogP contribution in [0.5, 0.6) is 0 Å². The summed E-state index contributed by atoms with van der Waals surface area (Å²) in [6.45, 7) is 4.70. The first kappa shape index (κ1) is 10.1. The molecule has 0 amide bonds. The molecule has 0 saturated heterocycles. The van der Waals surface area contributed by atoms with Crippen LogP contribution in [0.15, 0.2) is 28.7 Å². The SMILES string of the molecule is Cc1ccc(-c2ccc(C)n2CCO)o1. The highest BCUT2D eigenvalue weighted by Gasteiger charge is 2.09. The first-order valence-electron chi connectivity index (χ1n) is 5.06. The molecule has 3 heteroatoms. The maximum Gasteiger partial charge on any atom is 0.150 e. The summed E-state index contributed by atoms with van der Waals surface area (Å²) in [7, 11) is 0. The summed E-state index contributed by atoms with van der Waals surface area (Å²) in [6.07, 6.45) is 0. The quantitative estimate of drug-likeness (QED) is 0.835. The molecule has 0 aliphatic heterocycles. The van der Waals surface area contributed by atoms with Crippen molar-refractivity contribution in [2.75, 3.05) is 6.61 Å². The predicted molar refractivity (Wildman–Crippen MR) is 58.7 cm³/mol. The molecule has 0 bridgehead atoms. The lowest BCUT2D eigenvalue weighted by Crippen LogP contribution is -2.05. The van der Waals surface area contributed by atoms with Gasteiger partial charge in [-0.2, -0.15) is 0 Å². The fourth-order valence-electron chi connectivity index (χ4n) is 1.75. The first-order valence-corrected chi connectivity index (χ1v) is 5.06. The molecule has 80 valence electrons. The van der Waals surface area contributed by atoms with E-state index in [1.165, 1.54) is 0 Å². The Labute approximate surface area is 89.0 Å². The molecule has 0 fully saturated rings. The highest BCUT2D eigenvalue weighted by atomic mass is 16.3. The van der Waals surface area contributed by atoms with Gasteiger partial charge in [0.15, 0.2) is 5.76 Å². The van der Waals surface area contributed by atoms with Crippen LogP contribution in [0.1, 0.15) is 11.5 Å². The molecule has 0 unspecified atom stereocenters. The molecule has 0 atom stereocenters. The van der Waals surface area contributed by atoms with Crippen LogP contribution in [0.4, 0.5) is 0 Å². The van der Waals surface area contributed by atoms with Crippen LogP contribution >= 0.6 is 0 Å². The van der Waals surface area contributed by atoms with E-state index in [1.54, 1.807) is 0 Å². The topological polar surface area (TPSA) is 38.3 Å². The fourth-order valence-corrected chi connectivity index (χ4v) is 1.75. The van der Waals surface area contributed by atoms with E-state index >= 15 is 0 Å². The number of aryl methyl sites for hydroxylation is 2. The van der Waals surface area contributed by atoms with E-state index in [-0.39, 0.29) is 6.61 Å². The van der Waals surface area contributed by atoms with Crippen molar-refractivity contribution >= 4 is 0 Å². The Morgan fingerprint density at radius 2 is 2.00 bits per heavy atom. The average Bonchev–Trinajstić information content (AvgIpc) is 2.76. The highest BCUT2D eigenvalue weighted by Crippen LogP contribution is 2.24. The molecule has 0 radical (unpaired) electrons. The van der Waals surface area contributed by atoms with Gasteiger partial charge >= 0.3 is 0 Å². The predicted octanol–water partition coefficient (Wildman–Crippen LogP) is 2.36. The Balaban J connectivity index is 2.43. The van der Waals surface area contributed by atoms with Crippen molar-refractivity contribution in [2.24, 2.45) is 0 Å². The molecule has 2 aromatic rings. The molecule has 15 heavy (non-hydrogen) atoms. The summed E-state index contributed by atoms with van der Waals surface area (Å²) in [5, 5.41) is 8.99. The number of aliphatic hydroxyl groups excluding tert-OH is 1. The Morgan fingerprint density at radius 1 is 1.20 bits per heavy atom. The van der Waals surface area contributed by atoms with E-state index in [9.17, 15) is 0 Å². The van der Waals surface area contributed by atoms with E-state index in [1.807, 2.05) is 38.1 Å². The molecule has 0 aromatic carbocycles. The highest BCUT2D eigenvalue weighted by molar-refractivity contribution is 5.54. The lowest BCUT2D eigenvalue weighted by atomic mass is 10.3. The second kappa shape index (κ2) is 3.95. The molecule has 2 heterocycles. The molecular formula is C12H15NO2. The molecule has 0 aliphatic rings. The molecule has 1 N–H and O–H groups in total. The molecule has 2 rings (SSSR count). The van der Waals surface area contributed by atoms with Gasteiger partial charge in [-0.1, -0.05) is 0 Å². The number of furan rings is 1. The smallest absolute Gasteiger partial charge is 0.150 e. The lowest BCUT2D eigenvalue weighted by Gasteiger charge is -2.07. The Bertz CT molecular complexity index is 454. The number of rotatable bonds is 3. The first-order chi connectivity index (χ1) is 7.22. The zero-order chi connectivity index (χ0) is 10.8. The fraction of sp³-hybridized carbons (Fsp3) is 0.333. The van der Waals surface area contributed by atoms with Crippen LogP contribution in [0, 0.1) is 13.8 Å². The van der Waals surface area contributed by atoms with Gasteiger partial charge in [0.2, 0.25) is 0 Å². The third-order valence-corrected chi connectivity index (χ3v) is 2.52. The van der Waals surface area contributed by atoms with E-state index < -0.39 is 0 Å². The average molecular weight is 205 g/mol. The van der Waals surface area contributed by atoms with Crippen LogP contribution in [0.25, 0.3) is 11.5 Å². The van der Waals surface area contributed by atoms with Crippen LogP contribution < -0.4 is 0 Å². The van der Waals surface area contributed by atoms with Gasteiger partial charge in [0, 0.05) is 12.2 Å². The van der Waals surface area contributed by atoms with Gasteiger partial charge < -0.3 is 14.1 Å². The van der Waals surface area contributed by atoms with Crippen molar-refractivity contribution in [1.29, 1.82) is 0 Å². The summed E-state index contributed by atoms with van der Waals surface area (Å²) in [5.41, 5.74) is 2.16. The Kier molecular flexibility index (Phi) is 2.64. The maximum atomic E-state index is 8.99. The second-order valence-corrected chi connectivity index (χ2v) is 3.65. The molecule has 0 spiro atoms. The minimum Gasteiger partial charge on any atom is -0.460 e. The Hall–Kier alpha value is -1.48. The normalized spacial score (nSPS) is 10.9. The van der Waals surface area contributed by atoms with Crippen LogP contribution in [0.2, 0.25) is 0 Å². The number of hydrogen-bond acceptors (Lipinski definition) is 2. The van der Waals surface area contributed by atoms with Gasteiger partial charge in [-0.15, -0.1) is 0 Å². The van der Waals surface area contributed by atoms with Crippen LogP contribution in [0.3, 0.4) is 0 Å². The standard InChI is InChI=1S/C12H15NO2/c1-9-3-5-11(13(9)7-8-14)12-6-4-10(2)15-12/h3-6,14H,7-8H2,1-2H3. The lowest BCUT2D eigenvalue weighted by molar-refractivity contribution is 0.275. The summed E-state index contributed by atoms with van der Waals surface area (Å²) < 4.78 is 7.62.